The highest BCUT2D eigenvalue weighted by atomic mass is 79.9. The lowest BCUT2D eigenvalue weighted by Crippen LogP contribution is -2.42. The molecule has 2 unspecified atom stereocenters. The van der Waals surface area contributed by atoms with E-state index in [0.717, 1.165) is 23.0 Å². The number of hydrogen-bond donors (Lipinski definition) is 1. The van der Waals surface area contributed by atoms with Gasteiger partial charge in [-0.2, -0.15) is 0 Å². The quantitative estimate of drug-likeness (QED) is 0.933. The van der Waals surface area contributed by atoms with Gasteiger partial charge in [0.05, 0.1) is 6.04 Å². The molecule has 4 heteroatoms. The van der Waals surface area contributed by atoms with Crippen molar-refractivity contribution < 1.29 is 4.42 Å². The fourth-order valence-electron chi connectivity index (χ4n) is 3.05. The van der Waals surface area contributed by atoms with Crippen LogP contribution in [-0.4, -0.2) is 24.0 Å². The van der Waals surface area contributed by atoms with Crippen LogP contribution < -0.4 is 5.73 Å². The van der Waals surface area contributed by atoms with Crippen LogP contribution in [-0.2, 0) is 0 Å². The highest BCUT2D eigenvalue weighted by Crippen LogP contribution is 2.43. The highest BCUT2D eigenvalue weighted by Gasteiger charge is 2.41. The Hall–Kier alpha value is -0.320. The van der Waals surface area contributed by atoms with Crippen molar-refractivity contribution in [1.29, 1.82) is 0 Å². The molecule has 1 saturated heterocycles. The van der Waals surface area contributed by atoms with Crippen molar-refractivity contribution >= 4 is 15.9 Å². The fraction of sp³-hybridized carbons (Fsp3) is 0.692. The Labute approximate surface area is 110 Å². The first-order chi connectivity index (χ1) is 8.29. The van der Waals surface area contributed by atoms with Crippen molar-refractivity contribution in [2.24, 2.45) is 11.7 Å². The van der Waals surface area contributed by atoms with Gasteiger partial charge in [-0.05, 0) is 72.8 Å². The third-order valence-electron chi connectivity index (χ3n) is 4.00. The maximum absolute atomic E-state index is 5.94. The first-order valence-corrected chi connectivity index (χ1v) is 7.30. The fourth-order valence-corrected chi connectivity index (χ4v) is 3.37. The molecule has 2 heterocycles. The van der Waals surface area contributed by atoms with E-state index < -0.39 is 0 Å². The summed E-state index contributed by atoms with van der Waals surface area (Å²) < 4.78 is 6.61. The summed E-state index contributed by atoms with van der Waals surface area (Å²) >= 11 is 3.40. The van der Waals surface area contributed by atoms with Gasteiger partial charge in [0.15, 0.2) is 4.67 Å². The lowest BCUT2D eigenvalue weighted by Gasteiger charge is -2.40. The van der Waals surface area contributed by atoms with Crippen LogP contribution in [0.3, 0.4) is 0 Å². The average molecular weight is 299 g/mol. The lowest BCUT2D eigenvalue weighted by molar-refractivity contribution is 0.0714. The van der Waals surface area contributed by atoms with Gasteiger partial charge in [-0.3, -0.25) is 4.90 Å². The summed E-state index contributed by atoms with van der Waals surface area (Å²) in [5.41, 5.74) is 5.94. The first-order valence-electron chi connectivity index (χ1n) is 6.50. The van der Waals surface area contributed by atoms with E-state index in [9.17, 15) is 0 Å². The standard InChI is InChI=1S/C13H19BrN2O/c14-12-6-5-11(17-12)13-9(8-15)2-1-7-16(13)10-3-4-10/h5-6,9-10,13H,1-4,7-8,15H2. The SMILES string of the molecule is NCC1CCCN(C2CC2)C1c1ccc(Br)o1. The minimum atomic E-state index is 0.396. The van der Waals surface area contributed by atoms with E-state index in [2.05, 4.69) is 26.9 Å². The Bertz CT molecular complexity index is 389. The van der Waals surface area contributed by atoms with Crippen molar-refractivity contribution in [3.8, 4) is 0 Å². The summed E-state index contributed by atoms with van der Waals surface area (Å²) in [4.78, 5) is 2.62. The van der Waals surface area contributed by atoms with E-state index in [1.807, 2.05) is 6.07 Å². The monoisotopic (exact) mass is 298 g/mol. The number of nitrogens with zero attached hydrogens (tertiary/aromatic N) is 1. The number of nitrogens with two attached hydrogens (primary N) is 1. The zero-order chi connectivity index (χ0) is 11.8. The topological polar surface area (TPSA) is 42.4 Å². The predicted octanol–water partition coefficient (Wildman–Crippen LogP) is 2.92. The van der Waals surface area contributed by atoms with Crippen LogP contribution in [0.5, 0.6) is 0 Å². The summed E-state index contributed by atoms with van der Waals surface area (Å²) in [5.74, 6) is 1.63. The van der Waals surface area contributed by atoms with E-state index in [0.29, 0.717) is 12.0 Å². The third-order valence-corrected chi connectivity index (χ3v) is 4.43. The smallest absolute Gasteiger partial charge is 0.169 e. The molecule has 94 valence electrons. The normalized spacial score (nSPS) is 30.7. The van der Waals surface area contributed by atoms with Crippen molar-refractivity contribution in [2.45, 2.75) is 37.8 Å². The third kappa shape index (κ3) is 2.30. The summed E-state index contributed by atoms with van der Waals surface area (Å²) in [5, 5.41) is 0. The Morgan fingerprint density at radius 1 is 1.35 bits per heavy atom. The van der Waals surface area contributed by atoms with Gasteiger partial charge in [0.25, 0.3) is 0 Å². The number of likely N-dealkylation sites (tertiary alicyclic amines) is 1. The number of piperidine rings is 1. The molecule has 0 aromatic carbocycles. The Morgan fingerprint density at radius 3 is 2.76 bits per heavy atom. The predicted molar refractivity (Wildman–Crippen MR) is 70.7 cm³/mol. The molecule has 17 heavy (non-hydrogen) atoms. The molecule has 3 rings (SSSR count). The Kier molecular flexibility index (Phi) is 3.28. The van der Waals surface area contributed by atoms with E-state index >= 15 is 0 Å². The number of halogens is 1. The van der Waals surface area contributed by atoms with Gasteiger partial charge in [0.2, 0.25) is 0 Å². The molecule has 1 aromatic heterocycles. The maximum Gasteiger partial charge on any atom is 0.169 e. The van der Waals surface area contributed by atoms with Crippen LogP contribution in [0, 0.1) is 5.92 Å². The van der Waals surface area contributed by atoms with Crippen LogP contribution in [0.25, 0.3) is 0 Å². The van der Waals surface area contributed by atoms with Gasteiger partial charge >= 0.3 is 0 Å². The molecular weight excluding hydrogens is 280 g/mol. The van der Waals surface area contributed by atoms with Gasteiger partial charge in [-0.15, -0.1) is 0 Å². The molecule has 2 aliphatic rings. The van der Waals surface area contributed by atoms with E-state index in [1.54, 1.807) is 0 Å². The van der Waals surface area contributed by atoms with Gasteiger partial charge in [-0.25, -0.2) is 0 Å². The number of furan rings is 1. The zero-order valence-corrected chi connectivity index (χ0v) is 11.5. The van der Waals surface area contributed by atoms with Crippen molar-refractivity contribution in [3.05, 3.63) is 22.6 Å². The molecule has 2 atom stereocenters. The minimum absolute atomic E-state index is 0.396. The van der Waals surface area contributed by atoms with Gasteiger partial charge in [0.1, 0.15) is 5.76 Å². The van der Waals surface area contributed by atoms with Crippen LogP contribution in [0.15, 0.2) is 21.2 Å². The van der Waals surface area contributed by atoms with Crippen LogP contribution in [0.4, 0.5) is 0 Å². The minimum Gasteiger partial charge on any atom is -0.453 e. The molecule has 2 N–H and O–H groups in total. The van der Waals surface area contributed by atoms with Gasteiger partial charge in [0, 0.05) is 6.04 Å². The second-order valence-electron chi connectivity index (χ2n) is 5.19. The molecule has 2 fully saturated rings. The Balaban J connectivity index is 1.88. The molecule has 3 nitrogen and oxygen atoms in total. The number of hydrogen-bond acceptors (Lipinski definition) is 3. The molecule has 0 radical (unpaired) electrons. The van der Waals surface area contributed by atoms with Crippen molar-refractivity contribution in [2.75, 3.05) is 13.1 Å². The van der Waals surface area contributed by atoms with Crippen LogP contribution >= 0.6 is 15.9 Å². The van der Waals surface area contributed by atoms with Crippen molar-refractivity contribution in [3.63, 3.8) is 0 Å². The summed E-state index contributed by atoms with van der Waals surface area (Å²) in [6.45, 7) is 1.95. The van der Waals surface area contributed by atoms with E-state index in [1.165, 1.54) is 32.2 Å². The summed E-state index contributed by atoms with van der Waals surface area (Å²) in [6.07, 6.45) is 5.19. The molecular formula is C13H19BrN2O. The molecule has 1 aromatic rings. The molecule has 0 bridgehead atoms. The van der Waals surface area contributed by atoms with Crippen LogP contribution in [0.2, 0.25) is 0 Å². The van der Waals surface area contributed by atoms with E-state index in [4.69, 9.17) is 10.2 Å². The second kappa shape index (κ2) is 4.75. The molecule has 1 saturated carbocycles. The first kappa shape index (κ1) is 11.8. The molecule has 1 aliphatic heterocycles. The summed E-state index contributed by atoms with van der Waals surface area (Å²) in [7, 11) is 0. The van der Waals surface area contributed by atoms with E-state index in [-0.39, 0.29) is 0 Å². The Morgan fingerprint density at radius 2 is 2.18 bits per heavy atom. The van der Waals surface area contributed by atoms with Gasteiger partial charge in [-0.1, -0.05) is 0 Å². The maximum atomic E-state index is 5.94. The zero-order valence-electron chi connectivity index (χ0n) is 9.94. The number of rotatable bonds is 3. The molecule has 1 aliphatic carbocycles. The molecule has 0 spiro atoms. The highest BCUT2D eigenvalue weighted by molar-refractivity contribution is 9.10. The second-order valence-corrected chi connectivity index (χ2v) is 5.98. The van der Waals surface area contributed by atoms with Gasteiger partial charge < -0.3 is 10.2 Å². The lowest BCUT2D eigenvalue weighted by atomic mass is 9.87. The molecule has 0 amide bonds. The largest absolute Gasteiger partial charge is 0.453 e. The average Bonchev–Trinajstić information content (AvgIpc) is 3.11. The van der Waals surface area contributed by atoms with Crippen molar-refractivity contribution in [1.82, 2.24) is 4.90 Å². The van der Waals surface area contributed by atoms with Crippen LogP contribution in [0.1, 0.15) is 37.5 Å². The summed E-state index contributed by atoms with van der Waals surface area (Å²) in [6, 6.07) is 5.26.